The summed E-state index contributed by atoms with van der Waals surface area (Å²) in [6.07, 6.45) is 0.0806. The minimum absolute atomic E-state index is 0.202. The molecule has 3 heteroatoms. The van der Waals surface area contributed by atoms with E-state index in [2.05, 4.69) is 6.07 Å². The average Bonchev–Trinajstić information content (AvgIpc) is 2.89. The Balaban J connectivity index is 2.14. The lowest BCUT2D eigenvalue weighted by atomic mass is 9.75. The lowest BCUT2D eigenvalue weighted by Gasteiger charge is -2.29. The van der Waals surface area contributed by atoms with Crippen LogP contribution in [0, 0.1) is 24.1 Å². The Morgan fingerprint density at radius 1 is 1.29 bits per heavy atom. The highest BCUT2D eigenvalue weighted by atomic mass is 19.1. The molecule has 0 spiro atoms. The zero-order valence-electron chi connectivity index (χ0n) is 11.8. The summed E-state index contributed by atoms with van der Waals surface area (Å²) < 4.78 is 14.1. The molecule has 0 aliphatic heterocycles. The van der Waals surface area contributed by atoms with E-state index >= 15 is 0 Å². The van der Waals surface area contributed by atoms with Crippen LogP contribution < -0.4 is 0 Å². The van der Waals surface area contributed by atoms with E-state index in [1.807, 2.05) is 31.2 Å². The molecule has 0 fully saturated rings. The van der Waals surface area contributed by atoms with Gasteiger partial charge in [-0.2, -0.15) is 5.26 Å². The zero-order valence-corrected chi connectivity index (χ0v) is 11.8. The van der Waals surface area contributed by atoms with E-state index in [0.717, 1.165) is 23.1 Å². The summed E-state index contributed by atoms with van der Waals surface area (Å²) in [6, 6.07) is 14.5. The number of rotatable bonds is 2. The summed E-state index contributed by atoms with van der Waals surface area (Å²) in [5.74, 6) is -0.466. The van der Waals surface area contributed by atoms with Crippen LogP contribution in [0.4, 0.5) is 4.39 Å². The van der Waals surface area contributed by atoms with Crippen molar-refractivity contribution in [2.75, 3.05) is 0 Å². The van der Waals surface area contributed by atoms with Gasteiger partial charge in [0.15, 0.2) is 0 Å². The minimum Gasteiger partial charge on any atom is -0.386 e. The molecule has 106 valence electrons. The van der Waals surface area contributed by atoms with Crippen molar-refractivity contribution in [2.24, 2.45) is 0 Å². The molecule has 0 amide bonds. The largest absolute Gasteiger partial charge is 0.386 e. The maximum absolute atomic E-state index is 14.1. The van der Waals surface area contributed by atoms with Crippen molar-refractivity contribution in [3.8, 4) is 6.07 Å². The molecular weight excluding hydrogens is 265 g/mol. The summed E-state index contributed by atoms with van der Waals surface area (Å²) in [4.78, 5) is 0. The molecule has 2 nitrogen and oxygen atoms in total. The number of aliphatic hydroxyl groups is 1. The van der Waals surface area contributed by atoms with E-state index in [0.29, 0.717) is 6.42 Å². The van der Waals surface area contributed by atoms with Crippen LogP contribution in [-0.4, -0.2) is 5.11 Å². The number of hydrogen-bond donors (Lipinski definition) is 1. The first-order chi connectivity index (χ1) is 10.1. The van der Waals surface area contributed by atoms with Gasteiger partial charge in [-0.05, 0) is 37.0 Å². The highest BCUT2D eigenvalue weighted by molar-refractivity contribution is 5.47. The highest BCUT2D eigenvalue weighted by Gasteiger charge is 2.46. The second-order valence-electron chi connectivity index (χ2n) is 5.67. The van der Waals surface area contributed by atoms with Gasteiger partial charge in [-0.15, -0.1) is 0 Å². The Hall–Kier alpha value is -2.18. The number of aryl methyl sites for hydroxylation is 2. The second kappa shape index (κ2) is 4.98. The molecule has 1 N–H and O–H groups in total. The molecule has 0 saturated carbocycles. The van der Waals surface area contributed by atoms with Crippen molar-refractivity contribution in [1.29, 1.82) is 5.26 Å². The molecule has 2 aromatic rings. The summed E-state index contributed by atoms with van der Waals surface area (Å²) in [7, 11) is 0. The number of halogens is 1. The topological polar surface area (TPSA) is 44.0 Å². The number of nitriles is 1. The lowest BCUT2D eigenvalue weighted by molar-refractivity contribution is 0.107. The maximum atomic E-state index is 14.1. The number of fused-ring (bicyclic) bond motifs is 1. The third kappa shape index (κ3) is 2.03. The molecule has 3 rings (SSSR count). The van der Waals surface area contributed by atoms with Gasteiger partial charge in [0, 0.05) is 5.56 Å². The summed E-state index contributed by atoms with van der Waals surface area (Å²) in [5, 5.41) is 20.5. The molecule has 1 aliphatic rings. The highest BCUT2D eigenvalue weighted by Crippen LogP contribution is 2.47. The van der Waals surface area contributed by atoms with Gasteiger partial charge in [0.05, 0.1) is 6.07 Å². The molecule has 2 aromatic carbocycles. The van der Waals surface area contributed by atoms with Gasteiger partial charge in [-0.1, -0.05) is 42.0 Å². The van der Waals surface area contributed by atoms with Crippen LogP contribution in [0.5, 0.6) is 0 Å². The van der Waals surface area contributed by atoms with Crippen LogP contribution in [0.2, 0.25) is 0 Å². The van der Waals surface area contributed by atoms with Gasteiger partial charge in [-0.25, -0.2) is 4.39 Å². The summed E-state index contributed by atoms with van der Waals surface area (Å²) in [5.41, 5.74) is 1.88. The molecule has 0 heterocycles. The fourth-order valence-electron chi connectivity index (χ4n) is 3.24. The molecule has 0 saturated heterocycles. The van der Waals surface area contributed by atoms with Crippen LogP contribution >= 0.6 is 0 Å². The predicted molar refractivity (Wildman–Crippen MR) is 78.2 cm³/mol. The Bertz CT molecular complexity index is 734. The first-order valence-corrected chi connectivity index (χ1v) is 7.02. The van der Waals surface area contributed by atoms with Gasteiger partial charge in [0.25, 0.3) is 0 Å². The van der Waals surface area contributed by atoms with E-state index < -0.39 is 17.3 Å². The number of aliphatic hydroxyl groups excluding tert-OH is 1. The van der Waals surface area contributed by atoms with E-state index in [-0.39, 0.29) is 5.56 Å². The van der Waals surface area contributed by atoms with Gasteiger partial charge in [0.2, 0.25) is 0 Å². The molecule has 0 radical (unpaired) electrons. The first-order valence-electron chi connectivity index (χ1n) is 7.02. The quantitative estimate of drug-likeness (QED) is 0.914. The monoisotopic (exact) mass is 281 g/mol. The fourth-order valence-corrected chi connectivity index (χ4v) is 3.24. The standard InChI is InChI=1S/C18H16FNO/c1-12-6-7-16(19)14(10-12)17(21)18(11-20)9-8-13-4-2-3-5-15(13)18/h2-7,10,17,21H,8-9H2,1H3. The lowest BCUT2D eigenvalue weighted by Crippen LogP contribution is -2.30. The van der Waals surface area contributed by atoms with Crippen LogP contribution in [0.25, 0.3) is 0 Å². The maximum Gasteiger partial charge on any atom is 0.129 e. The van der Waals surface area contributed by atoms with Gasteiger partial charge in [-0.3, -0.25) is 0 Å². The van der Waals surface area contributed by atoms with E-state index in [1.165, 1.54) is 6.07 Å². The molecule has 0 aromatic heterocycles. The molecule has 21 heavy (non-hydrogen) atoms. The summed E-state index contributed by atoms with van der Waals surface area (Å²) >= 11 is 0. The second-order valence-corrected chi connectivity index (χ2v) is 5.67. The van der Waals surface area contributed by atoms with E-state index in [4.69, 9.17) is 0 Å². The molecule has 1 aliphatic carbocycles. The zero-order chi connectivity index (χ0) is 15.0. The average molecular weight is 281 g/mol. The van der Waals surface area contributed by atoms with Crippen LogP contribution in [-0.2, 0) is 11.8 Å². The first kappa shape index (κ1) is 13.8. The molecule has 0 bridgehead atoms. The number of benzene rings is 2. The molecule has 2 unspecified atom stereocenters. The molecular formula is C18H16FNO. The van der Waals surface area contributed by atoms with Crippen molar-refractivity contribution in [1.82, 2.24) is 0 Å². The third-order valence-corrected chi connectivity index (χ3v) is 4.40. The Morgan fingerprint density at radius 3 is 2.81 bits per heavy atom. The predicted octanol–water partition coefficient (Wildman–Crippen LogP) is 3.58. The fraction of sp³-hybridized carbons (Fsp3) is 0.278. The van der Waals surface area contributed by atoms with Crippen molar-refractivity contribution >= 4 is 0 Å². The third-order valence-electron chi connectivity index (χ3n) is 4.40. The Morgan fingerprint density at radius 2 is 2.05 bits per heavy atom. The van der Waals surface area contributed by atoms with Gasteiger partial charge >= 0.3 is 0 Å². The van der Waals surface area contributed by atoms with Crippen LogP contribution in [0.15, 0.2) is 42.5 Å². The van der Waals surface area contributed by atoms with Crippen molar-refractivity contribution < 1.29 is 9.50 Å². The van der Waals surface area contributed by atoms with Crippen molar-refractivity contribution in [3.63, 3.8) is 0 Å². The number of hydrogen-bond acceptors (Lipinski definition) is 2. The van der Waals surface area contributed by atoms with Crippen molar-refractivity contribution in [3.05, 3.63) is 70.5 Å². The number of nitrogens with zero attached hydrogens (tertiary/aromatic N) is 1. The Kier molecular flexibility index (Phi) is 3.27. The smallest absolute Gasteiger partial charge is 0.129 e. The van der Waals surface area contributed by atoms with Gasteiger partial charge in [0.1, 0.15) is 17.3 Å². The van der Waals surface area contributed by atoms with E-state index in [1.54, 1.807) is 12.1 Å². The minimum atomic E-state index is -1.16. The summed E-state index contributed by atoms with van der Waals surface area (Å²) in [6.45, 7) is 1.84. The van der Waals surface area contributed by atoms with Crippen LogP contribution in [0.1, 0.15) is 34.8 Å². The van der Waals surface area contributed by atoms with E-state index in [9.17, 15) is 14.8 Å². The normalized spacial score (nSPS) is 21.6. The van der Waals surface area contributed by atoms with Crippen LogP contribution in [0.3, 0.4) is 0 Å². The van der Waals surface area contributed by atoms with Gasteiger partial charge < -0.3 is 5.11 Å². The SMILES string of the molecule is Cc1ccc(F)c(C(O)C2(C#N)CCc3ccccc32)c1. The Labute approximate surface area is 123 Å². The van der Waals surface area contributed by atoms with Crippen molar-refractivity contribution in [2.45, 2.75) is 31.3 Å². The molecule has 2 atom stereocenters.